The van der Waals surface area contributed by atoms with Crippen molar-refractivity contribution in [3.05, 3.63) is 53.6 Å². The van der Waals surface area contributed by atoms with Crippen LogP contribution in [0.3, 0.4) is 0 Å². The van der Waals surface area contributed by atoms with Crippen LogP contribution in [0.15, 0.2) is 47.4 Å². The molecular formula is C22H25N3O3S2. The number of fused-ring (bicyclic) bond motifs is 1. The molecule has 2 aromatic carbocycles. The first-order chi connectivity index (χ1) is 14.3. The second-order valence-corrected chi connectivity index (χ2v) is 10.7. The molecule has 0 atom stereocenters. The summed E-state index contributed by atoms with van der Waals surface area (Å²) in [6.45, 7) is 6.75. The van der Waals surface area contributed by atoms with Gasteiger partial charge >= 0.3 is 0 Å². The fourth-order valence-electron chi connectivity index (χ4n) is 3.66. The van der Waals surface area contributed by atoms with Crippen molar-refractivity contribution in [2.24, 2.45) is 0 Å². The van der Waals surface area contributed by atoms with Gasteiger partial charge in [0.05, 0.1) is 20.9 Å². The van der Waals surface area contributed by atoms with E-state index in [0.717, 1.165) is 10.6 Å². The summed E-state index contributed by atoms with van der Waals surface area (Å²) in [5.41, 5.74) is 3.46. The van der Waals surface area contributed by atoms with E-state index in [2.05, 4.69) is 30.9 Å². The van der Waals surface area contributed by atoms with Gasteiger partial charge in [0.25, 0.3) is 0 Å². The van der Waals surface area contributed by atoms with Crippen molar-refractivity contribution in [1.29, 1.82) is 0 Å². The van der Waals surface area contributed by atoms with Crippen LogP contribution in [0.4, 0.5) is 5.13 Å². The number of carbonyl (C=O) groups excluding carboxylic acids is 1. The molecule has 0 spiro atoms. The zero-order chi connectivity index (χ0) is 21.3. The van der Waals surface area contributed by atoms with Crippen molar-refractivity contribution in [2.45, 2.75) is 25.2 Å². The molecule has 4 rings (SSSR count). The van der Waals surface area contributed by atoms with Crippen LogP contribution in [-0.4, -0.2) is 56.1 Å². The zero-order valence-corrected chi connectivity index (χ0v) is 18.8. The lowest BCUT2D eigenvalue weighted by molar-refractivity contribution is -0.131. The van der Waals surface area contributed by atoms with Crippen molar-refractivity contribution in [2.75, 3.05) is 36.8 Å². The molecule has 6 nitrogen and oxygen atoms in total. The van der Waals surface area contributed by atoms with E-state index in [4.69, 9.17) is 4.98 Å². The quantitative estimate of drug-likeness (QED) is 0.604. The summed E-state index contributed by atoms with van der Waals surface area (Å²) in [6, 6.07) is 12.5. The molecule has 1 amide bonds. The molecule has 1 aliphatic heterocycles. The number of amides is 1. The number of aromatic nitrogens is 1. The van der Waals surface area contributed by atoms with Crippen molar-refractivity contribution in [3.8, 4) is 0 Å². The first-order valence-corrected chi connectivity index (χ1v) is 12.5. The summed E-state index contributed by atoms with van der Waals surface area (Å²) in [6.07, 6.45) is 0.0107. The lowest BCUT2D eigenvalue weighted by Gasteiger charge is -2.34. The molecule has 0 N–H and O–H groups in total. The van der Waals surface area contributed by atoms with E-state index >= 15 is 0 Å². The summed E-state index contributed by atoms with van der Waals surface area (Å²) in [4.78, 5) is 21.7. The fourth-order valence-corrected chi connectivity index (χ4v) is 6.07. The first-order valence-electron chi connectivity index (χ1n) is 10.0. The molecule has 0 saturated carbocycles. The highest BCUT2D eigenvalue weighted by atomic mass is 32.2. The summed E-state index contributed by atoms with van der Waals surface area (Å²) >= 11 is 1.70. The minimum atomic E-state index is -3.44. The van der Waals surface area contributed by atoms with Gasteiger partial charge in [-0.25, -0.2) is 13.4 Å². The predicted octanol–water partition coefficient (Wildman–Crippen LogP) is 3.43. The number of rotatable bonds is 5. The van der Waals surface area contributed by atoms with Crippen molar-refractivity contribution >= 4 is 42.4 Å². The Hall–Kier alpha value is -2.45. The Morgan fingerprint density at radius 2 is 1.67 bits per heavy atom. The van der Waals surface area contributed by atoms with Gasteiger partial charge in [0.15, 0.2) is 15.0 Å². The number of carbonyl (C=O) groups is 1. The van der Waals surface area contributed by atoms with E-state index in [-0.39, 0.29) is 23.0 Å². The highest BCUT2D eigenvalue weighted by molar-refractivity contribution is 7.91. The van der Waals surface area contributed by atoms with E-state index in [9.17, 15) is 13.2 Å². The fraction of sp³-hybridized carbons (Fsp3) is 0.364. The Balaban J connectivity index is 1.36. The maximum atomic E-state index is 12.6. The lowest BCUT2D eigenvalue weighted by atomic mass is 10.1. The van der Waals surface area contributed by atoms with Gasteiger partial charge in [0.1, 0.15) is 0 Å². The van der Waals surface area contributed by atoms with Gasteiger partial charge in [0, 0.05) is 32.6 Å². The third-order valence-corrected chi connectivity index (χ3v) is 8.50. The molecule has 1 aromatic heterocycles. The van der Waals surface area contributed by atoms with Crippen LogP contribution in [0.2, 0.25) is 0 Å². The molecule has 158 valence electrons. The molecule has 1 aliphatic rings. The van der Waals surface area contributed by atoms with Crippen LogP contribution in [0.1, 0.15) is 17.5 Å². The van der Waals surface area contributed by atoms with E-state index in [1.165, 1.54) is 15.8 Å². The standard InChI is InChI=1S/C22H25N3O3S2/c1-16-8-9-17(2)21-20(16)23-22(29-21)25-13-11-24(12-14-25)19(26)10-15-30(27,28)18-6-4-3-5-7-18/h3-9H,10-15H2,1-2H3. The number of benzene rings is 2. The molecule has 2 heterocycles. The second kappa shape index (κ2) is 8.35. The van der Waals surface area contributed by atoms with Crippen LogP contribution in [0, 0.1) is 13.8 Å². The molecule has 0 unspecified atom stereocenters. The molecule has 1 fully saturated rings. The Morgan fingerprint density at radius 1 is 1.00 bits per heavy atom. The molecular weight excluding hydrogens is 418 g/mol. The number of hydrogen-bond acceptors (Lipinski definition) is 6. The SMILES string of the molecule is Cc1ccc(C)c2sc(N3CCN(C(=O)CCS(=O)(=O)c4ccccc4)CC3)nc12. The van der Waals surface area contributed by atoms with Crippen LogP contribution in [0.5, 0.6) is 0 Å². The van der Waals surface area contributed by atoms with Crippen molar-refractivity contribution < 1.29 is 13.2 Å². The number of hydrogen-bond donors (Lipinski definition) is 0. The van der Waals surface area contributed by atoms with Crippen LogP contribution < -0.4 is 4.90 Å². The minimum absolute atomic E-state index is 0.0107. The number of sulfone groups is 1. The molecule has 3 aromatic rings. The van der Waals surface area contributed by atoms with Gasteiger partial charge in [-0.1, -0.05) is 41.7 Å². The van der Waals surface area contributed by atoms with Gasteiger partial charge in [-0.2, -0.15) is 0 Å². The molecule has 8 heteroatoms. The molecule has 0 aliphatic carbocycles. The Bertz CT molecular complexity index is 1130. The van der Waals surface area contributed by atoms with Gasteiger partial charge in [0.2, 0.25) is 5.91 Å². The Kier molecular flexibility index (Phi) is 5.79. The summed E-state index contributed by atoms with van der Waals surface area (Å²) in [5.74, 6) is -0.267. The van der Waals surface area contributed by atoms with Crippen molar-refractivity contribution in [1.82, 2.24) is 9.88 Å². The van der Waals surface area contributed by atoms with E-state index < -0.39 is 9.84 Å². The second-order valence-electron chi connectivity index (χ2n) is 7.62. The molecule has 30 heavy (non-hydrogen) atoms. The first kappa shape index (κ1) is 20.8. The maximum absolute atomic E-state index is 12.6. The van der Waals surface area contributed by atoms with E-state index in [1.54, 1.807) is 46.6 Å². The van der Waals surface area contributed by atoms with E-state index in [1.807, 2.05) is 0 Å². The Labute approximate surface area is 181 Å². The number of anilines is 1. The summed E-state index contributed by atoms with van der Waals surface area (Å²) < 4.78 is 26.0. The lowest BCUT2D eigenvalue weighted by Crippen LogP contribution is -2.49. The van der Waals surface area contributed by atoms with Gasteiger partial charge < -0.3 is 9.80 Å². The predicted molar refractivity (Wildman–Crippen MR) is 121 cm³/mol. The smallest absolute Gasteiger partial charge is 0.223 e. The Morgan fingerprint density at radius 3 is 2.33 bits per heavy atom. The van der Waals surface area contributed by atoms with Crippen LogP contribution in [0.25, 0.3) is 10.2 Å². The molecule has 1 saturated heterocycles. The van der Waals surface area contributed by atoms with Crippen LogP contribution in [-0.2, 0) is 14.6 Å². The monoisotopic (exact) mass is 443 g/mol. The molecule has 0 bridgehead atoms. The zero-order valence-electron chi connectivity index (χ0n) is 17.2. The van der Waals surface area contributed by atoms with Gasteiger partial charge in [-0.15, -0.1) is 0 Å². The third kappa shape index (κ3) is 4.20. The number of piperazine rings is 1. The molecule has 0 radical (unpaired) electrons. The minimum Gasteiger partial charge on any atom is -0.345 e. The average molecular weight is 444 g/mol. The summed E-state index contributed by atoms with van der Waals surface area (Å²) in [7, 11) is -3.44. The summed E-state index contributed by atoms with van der Waals surface area (Å²) in [5, 5.41) is 0.987. The number of thiazole rings is 1. The average Bonchev–Trinajstić information content (AvgIpc) is 3.22. The van der Waals surface area contributed by atoms with Gasteiger partial charge in [-0.3, -0.25) is 4.79 Å². The third-order valence-electron chi connectivity index (χ3n) is 5.52. The number of aryl methyl sites for hydroxylation is 2. The highest BCUT2D eigenvalue weighted by Gasteiger charge is 2.25. The van der Waals surface area contributed by atoms with E-state index in [0.29, 0.717) is 26.2 Å². The topological polar surface area (TPSA) is 70.6 Å². The maximum Gasteiger partial charge on any atom is 0.223 e. The number of nitrogens with zero attached hydrogens (tertiary/aromatic N) is 3. The van der Waals surface area contributed by atoms with Gasteiger partial charge in [-0.05, 0) is 37.1 Å². The highest BCUT2D eigenvalue weighted by Crippen LogP contribution is 2.33. The van der Waals surface area contributed by atoms with Crippen LogP contribution >= 0.6 is 11.3 Å². The largest absolute Gasteiger partial charge is 0.345 e. The normalized spacial score (nSPS) is 15.0. The van der Waals surface area contributed by atoms with Crippen molar-refractivity contribution in [3.63, 3.8) is 0 Å².